The topological polar surface area (TPSA) is 116 Å². The summed E-state index contributed by atoms with van der Waals surface area (Å²) < 4.78 is 52.1. The average Bonchev–Trinajstić information content (AvgIpc) is 3.44. The molecule has 0 aliphatic carbocycles. The minimum Gasteiger partial charge on any atom is -0.461 e. The highest BCUT2D eigenvalue weighted by molar-refractivity contribution is 7.96. The van der Waals surface area contributed by atoms with Crippen LogP contribution in [0.2, 0.25) is 0 Å². The standard InChI is InChI=1S/C25H22F3N3O6S/c1-14(2)36-24(33)16-5-3-15(4-6-16)21-12-9-18(37-21)13-20-22(25(26,27)28)29-30(23(20)32)17-7-10-19(11-8-17)38-31(34)35/h3-12,14,20,34-35H,13H2,1-2H3. The maximum absolute atomic E-state index is 13.8. The van der Waals surface area contributed by atoms with Gasteiger partial charge in [-0.1, -0.05) is 12.1 Å². The first-order chi connectivity index (χ1) is 17.9. The van der Waals surface area contributed by atoms with Crippen LogP contribution < -0.4 is 5.01 Å². The number of hydrogen-bond acceptors (Lipinski definition) is 9. The monoisotopic (exact) mass is 549 g/mol. The molecule has 0 spiro atoms. The third kappa shape index (κ3) is 6.25. The largest absolute Gasteiger partial charge is 0.461 e. The van der Waals surface area contributed by atoms with Crippen molar-refractivity contribution in [1.82, 2.24) is 4.63 Å². The fraction of sp³-hybridized carbons (Fsp3) is 0.240. The molecule has 0 bridgehead atoms. The van der Waals surface area contributed by atoms with Crippen LogP contribution in [0, 0.1) is 5.92 Å². The van der Waals surface area contributed by atoms with Gasteiger partial charge in [0.05, 0.1) is 23.3 Å². The van der Waals surface area contributed by atoms with E-state index in [0.717, 1.165) is 0 Å². The first-order valence-electron chi connectivity index (χ1n) is 11.3. The summed E-state index contributed by atoms with van der Waals surface area (Å²) in [7, 11) is 0. The molecule has 4 rings (SSSR count). The second kappa shape index (κ2) is 11.0. The van der Waals surface area contributed by atoms with Gasteiger partial charge in [-0.3, -0.25) is 15.2 Å². The Morgan fingerprint density at radius 1 is 1.11 bits per heavy atom. The van der Waals surface area contributed by atoms with Crippen molar-refractivity contribution >= 4 is 35.2 Å². The lowest BCUT2D eigenvalue weighted by Crippen LogP contribution is -2.34. The van der Waals surface area contributed by atoms with Crippen LogP contribution in [0.4, 0.5) is 18.9 Å². The third-order valence-electron chi connectivity index (χ3n) is 5.42. The lowest BCUT2D eigenvalue weighted by Gasteiger charge is -2.15. The molecule has 1 aliphatic heterocycles. The minimum atomic E-state index is -4.85. The summed E-state index contributed by atoms with van der Waals surface area (Å²) in [6.07, 6.45) is -5.50. The fourth-order valence-electron chi connectivity index (χ4n) is 3.75. The Balaban J connectivity index is 1.52. The van der Waals surface area contributed by atoms with Crippen molar-refractivity contribution < 1.29 is 42.3 Å². The molecule has 1 unspecified atom stereocenters. The SMILES string of the molecule is CC(C)OC(=O)c1ccc(-c2ccc(CC3C(=O)N(c4ccc(SN(O)O)cc4)N=C3C(F)(F)F)o2)cc1. The second-order valence-electron chi connectivity index (χ2n) is 8.53. The molecular weight excluding hydrogens is 527 g/mol. The number of hydrazone groups is 1. The van der Waals surface area contributed by atoms with Crippen molar-refractivity contribution in [1.29, 1.82) is 0 Å². The molecule has 200 valence electrons. The molecule has 0 saturated carbocycles. The van der Waals surface area contributed by atoms with E-state index in [1.54, 1.807) is 44.2 Å². The van der Waals surface area contributed by atoms with E-state index in [4.69, 9.17) is 19.6 Å². The lowest BCUT2D eigenvalue weighted by molar-refractivity contribution is -0.216. The fourth-order valence-corrected chi connectivity index (χ4v) is 4.20. The molecule has 1 atom stereocenters. The van der Waals surface area contributed by atoms with Crippen LogP contribution >= 0.6 is 11.9 Å². The van der Waals surface area contributed by atoms with Crippen molar-refractivity contribution in [2.45, 2.75) is 37.4 Å². The lowest BCUT2D eigenvalue weighted by atomic mass is 9.97. The number of carbonyl (C=O) groups is 2. The predicted molar refractivity (Wildman–Crippen MR) is 131 cm³/mol. The summed E-state index contributed by atoms with van der Waals surface area (Å²) in [4.78, 5) is 25.4. The molecule has 0 saturated heterocycles. The summed E-state index contributed by atoms with van der Waals surface area (Å²) >= 11 is 0.552. The van der Waals surface area contributed by atoms with Crippen LogP contribution in [0.3, 0.4) is 0 Å². The molecule has 0 radical (unpaired) electrons. The van der Waals surface area contributed by atoms with Gasteiger partial charge < -0.3 is 9.15 Å². The van der Waals surface area contributed by atoms with Gasteiger partial charge in [-0.25, -0.2) is 4.79 Å². The Bertz CT molecular complexity index is 1340. The van der Waals surface area contributed by atoms with Gasteiger partial charge in [-0.05, 0) is 67.0 Å². The van der Waals surface area contributed by atoms with E-state index >= 15 is 0 Å². The van der Waals surface area contributed by atoms with Gasteiger partial charge in [0.25, 0.3) is 5.91 Å². The second-order valence-corrected chi connectivity index (χ2v) is 9.51. The Kier molecular flexibility index (Phi) is 7.92. The molecule has 9 nitrogen and oxygen atoms in total. The minimum absolute atomic E-state index is 0.0854. The molecule has 1 aliphatic rings. The smallest absolute Gasteiger partial charge is 0.432 e. The summed E-state index contributed by atoms with van der Waals surface area (Å²) in [6.45, 7) is 3.47. The number of alkyl halides is 3. The van der Waals surface area contributed by atoms with E-state index in [1.165, 1.54) is 30.3 Å². The van der Waals surface area contributed by atoms with Crippen LogP contribution in [-0.2, 0) is 16.0 Å². The van der Waals surface area contributed by atoms with Crippen LogP contribution in [0.1, 0.15) is 30.0 Å². The number of benzene rings is 2. The maximum Gasteiger partial charge on any atom is 0.432 e. The Hall–Kier alpha value is -3.65. The van der Waals surface area contributed by atoms with E-state index < -0.39 is 29.7 Å². The summed E-state index contributed by atoms with van der Waals surface area (Å²) in [5.41, 5.74) is -0.233. The maximum atomic E-state index is 13.8. The van der Waals surface area contributed by atoms with Crippen molar-refractivity contribution in [3.63, 3.8) is 0 Å². The number of esters is 1. The predicted octanol–water partition coefficient (Wildman–Crippen LogP) is 5.72. The summed E-state index contributed by atoms with van der Waals surface area (Å²) in [5.74, 6) is -2.48. The number of amides is 1. The van der Waals surface area contributed by atoms with Gasteiger partial charge in [0, 0.05) is 28.8 Å². The van der Waals surface area contributed by atoms with Gasteiger partial charge in [-0.15, -0.1) is 0 Å². The highest BCUT2D eigenvalue weighted by Gasteiger charge is 2.50. The Morgan fingerprint density at radius 3 is 2.34 bits per heavy atom. The molecular formula is C25H22F3N3O6S. The molecule has 1 aromatic heterocycles. The molecule has 2 heterocycles. The van der Waals surface area contributed by atoms with Gasteiger partial charge in [0.1, 0.15) is 11.5 Å². The zero-order chi connectivity index (χ0) is 27.6. The van der Waals surface area contributed by atoms with E-state index in [0.29, 0.717) is 38.7 Å². The Morgan fingerprint density at radius 2 is 1.76 bits per heavy atom. The van der Waals surface area contributed by atoms with Crippen LogP contribution in [0.5, 0.6) is 0 Å². The van der Waals surface area contributed by atoms with Crippen LogP contribution in [-0.4, -0.2) is 44.9 Å². The number of nitrogens with zero attached hydrogens (tertiary/aromatic N) is 3. The van der Waals surface area contributed by atoms with Crippen molar-refractivity contribution in [2.75, 3.05) is 5.01 Å². The van der Waals surface area contributed by atoms with E-state index in [2.05, 4.69) is 5.10 Å². The molecule has 1 amide bonds. The highest BCUT2D eigenvalue weighted by Crippen LogP contribution is 2.35. The van der Waals surface area contributed by atoms with Gasteiger partial charge >= 0.3 is 12.1 Å². The third-order valence-corrected chi connectivity index (χ3v) is 6.06. The highest BCUT2D eigenvalue weighted by atomic mass is 32.2. The number of ether oxygens (including phenoxy) is 1. The van der Waals surface area contributed by atoms with Gasteiger partial charge in [0.15, 0.2) is 5.71 Å². The first kappa shape index (κ1) is 27.4. The van der Waals surface area contributed by atoms with Crippen LogP contribution in [0.15, 0.2) is 75.1 Å². The number of hydrogen-bond donors (Lipinski definition) is 2. The van der Waals surface area contributed by atoms with E-state index in [9.17, 15) is 22.8 Å². The van der Waals surface area contributed by atoms with Crippen molar-refractivity contribution in [2.24, 2.45) is 11.0 Å². The number of rotatable bonds is 8. The van der Waals surface area contributed by atoms with Crippen molar-refractivity contribution in [3.05, 3.63) is 72.0 Å². The van der Waals surface area contributed by atoms with E-state index in [-0.39, 0.29) is 28.6 Å². The molecule has 3 aromatic rings. The first-order valence-corrected chi connectivity index (χ1v) is 12.1. The molecule has 38 heavy (non-hydrogen) atoms. The quantitative estimate of drug-likeness (QED) is 0.208. The molecule has 2 N–H and O–H groups in total. The van der Waals surface area contributed by atoms with Crippen molar-refractivity contribution in [3.8, 4) is 11.3 Å². The summed E-state index contributed by atoms with van der Waals surface area (Å²) in [5, 5.41) is 22.0. The normalized spacial score (nSPS) is 15.9. The average molecular weight is 550 g/mol. The zero-order valence-electron chi connectivity index (χ0n) is 20.0. The van der Waals surface area contributed by atoms with Crippen LogP contribution in [0.25, 0.3) is 11.3 Å². The van der Waals surface area contributed by atoms with E-state index in [1.807, 2.05) is 0 Å². The number of anilines is 1. The number of furan rings is 1. The van der Waals surface area contributed by atoms with Gasteiger partial charge in [0.2, 0.25) is 0 Å². The summed E-state index contributed by atoms with van der Waals surface area (Å²) in [6, 6.07) is 14.9. The van der Waals surface area contributed by atoms with Gasteiger partial charge in [-0.2, -0.15) is 23.3 Å². The molecule has 13 heteroatoms. The number of halogens is 3. The Labute approximate surface area is 219 Å². The number of carbonyl (C=O) groups excluding carboxylic acids is 2. The zero-order valence-corrected chi connectivity index (χ0v) is 20.9. The molecule has 0 fully saturated rings. The molecule has 2 aromatic carbocycles.